The number of nitrogens with zero attached hydrogens (tertiary/aromatic N) is 1. The summed E-state index contributed by atoms with van der Waals surface area (Å²) in [7, 11) is 0. The predicted octanol–water partition coefficient (Wildman–Crippen LogP) is 16.8. The molecule has 0 fully saturated rings. The van der Waals surface area contributed by atoms with E-state index in [0.29, 0.717) is 0 Å². The summed E-state index contributed by atoms with van der Waals surface area (Å²) in [6.45, 7) is 0. The average molecular weight is 810 g/mol. The molecule has 0 amide bonds. The molecular formula is C63H39N. The van der Waals surface area contributed by atoms with Crippen LogP contribution in [0.15, 0.2) is 237 Å². The number of benzene rings is 11. The molecule has 0 aromatic heterocycles. The van der Waals surface area contributed by atoms with E-state index in [1.165, 1.54) is 111 Å². The van der Waals surface area contributed by atoms with Gasteiger partial charge in [-0.2, -0.15) is 0 Å². The van der Waals surface area contributed by atoms with E-state index in [9.17, 15) is 0 Å². The van der Waals surface area contributed by atoms with Crippen LogP contribution in [0, 0.1) is 0 Å². The van der Waals surface area contributed by atoms with Crippen LogP contribution in [-0.2, 0) is 5.41 Å². The minimum absolute atomic E-state index is 0.519. The molecule has 0 N–H and O–H groups in total. The molecule has 1 heteroatoms. The molecule has 1 nitrogen and oxygen atoms in total. The van der Waals surface area contributed by atoms with Crippen molar-refractivity contribution in [3.05, 3.63) is 259 Å². The number of rotatable bonds is 5. The van der Waals surface area contributed by atoms with Gasteiger partial charge in [0.05, 0.1) is 5.41 Å². The fraction of sp³-hybridized carbons (Fsp3) is 0.0159. The van der Waals surface area contributed by atoms with Crippen LogP contribution in [0.25, 0.3) is 88.3 Å². The highest BCUT2D eigenvalue weighted by molar-refractivity contribution is 6.21. The van der Waals surface area contributed by atoms with Gasteiger partial charge in [0, 0.05) is 17.1 Å². The second-order valence-electron chi connectivity index (χ2n) is 17.5. The minimum atomic E-state index is -0.519. The van der Waals surface area contributed by atoms with Gasteiger partial charge in [0.25, 0.3) is 0 Å². The highest BCUT2D eigenvalue weighted by Crippen LogP contribution is 2.66. The van der Waals surface area contributed by atoms with Crippen molar-refractivity contribution < 1.29 is 0 Å². The van der Waals surface area contributed by atoms with Gasteiger partial charge in [0.2, 0.25) is 0 Å². The molecule has 3 aliphatic carbocycles. The molecule has 0 radical (unpaired) electrons. The molecule has 0 bridgehead atoms. The van der Waals surface area contributed by atoms with Crippen LogP contribution in [0.4, 0.5) is 17.1 Å². The maximum atomic E-state index is 2.57. The first-order valence-electron chi connectivity index (χ1n) is 22.3. The van der Waals surface area contributed by atoms with E-state index in [-0.39, 0.29) is 0 Å². The Morgan fingerprint density at radius 2 is 0.797 bits per heavy atom. The lowest BCUT2D eigenvalue weighted by molar-refractivity contribution is 0.794. The van der Waals surface area contributed by atoms with E-state index >= 15 is 0 Å². The minimum Gasteiger partial charge on any atom is -0.310 e. The van der Waals surface area contributed by atoms with E-state index in [0.717, 1.165) is 17.1 Å². The van der Waals surface area contributed by atoms with Crippen molar-refractivity contribution in [3.8, 4) is 66.8 Å². The van der Waals surface area contributed by atoms with Gasteiger partial charge >= 0.3 is 0 Å². The maximum Gasteiger partial charge on any atom is 0.0726 e. The third kappa shape index (κ3) is 4.84. The predicted molar refractivity (Wildman–Crippen MR) is 268 cm³/mol. The normalized spacial score (nSPS) is 14.6. The summed E-state index contributed by atoms with van der Waals surface area (Å²) in [5.41, 5.74) is 23.6. The number of fused-ring (bicyclic) bond motifs is 15. The van der Waals surface area contributed by atoms with E-state index in [1.807, 2.05) is 0 Å². The fourth-order valence-electron chi connectivity index (χ4n) is 11.7. The second kappa shape index (κ2) is 13.4. The molecule has 14 rings (SSSR count). The molecule has 0 aliphatic heterocycles. The summed E-state index contributed by atoms with van der Waals surface area (Å²) < 4.78 is 0. The zero-order valence-electron chi connectivity index (χ0n) is 35.0. The zero-order chi connectivity index (χ0) is 41.9. The Bertz CT molecular complexity index is 3710. The van der Waals surface area contributed by atoms with Crippen molar-refractivity contribution in [3.63, 3.8) is 0 Å². The molecule has 296 valence electrons. The topological polar surface area (TPSA) is 3.24 Å². The van der Waals surface area contributed by atoms with E-state index in [4.69, 9.17) is 0 Å². The quantitative estimate of drug-likeness (QED) is 0.167. The molecule has 64 heavy (non-hydrogen) atoms. The Morgan fingerprint density at radius 1 is 0.266 bits per heavy atom. The summed E-state index contributed by atoms with van der Waals surface area (Å²) in [4.78, 5) is 2.44. The Labute approximate surface area is 372 Å². The summed E-state index contributed by atoms with van der Waals surface area (Å²) in [6, 6.07) is 88.3. The summed E-state index contributed by atoms with van der Waals surface area (Å²) in [5, 5.41) is 5.20. The lowest BCUT2D eigenvalue weighted by atomic mass is 9.70. The van der Waals surface area contributed by atoms with Crippen molar-refractivity contribution in [1.82, 2.24) is 0 Å². The molecule has 0 saturated heterocycles. The number of hydrogen-bond acceptors (Lipinski definition) is 1. The Balaban J connectivity index is 0.998. The van der Waals surface area contributed by atoms with E-state index in [1.54, 1.807) is 0 Å². The highest BCUT2D eigenvalue weighted by Gasteiger charge is 2.53. The monoisotopic (exact) mass is 809 g/mol. The van der Waals surface area contributed by atoms with Crippen LogP contribution in [0.1, 0.15) is 22.3 Å². The van der Waals surface area contributed by atoms with Crippen LogP contribution >= 0.6 is 0 Å². The van der Waals surface area contributed by atoms with Gasteiger partial charge in [0.15, 0.2) is 0 Å². The van der Waals surface area contributed by atoms with Crippen molar-refractivity contribution in [2.75, 3.05) is 4.90 Å². The molecule has 11 aromatic carbocycles. The molecule has 11 aromatic rings. The average Bonchev–Trinajstić information content (AvgIpc) is 3.97. The number of hydrogen-bond donors (Lipinski definition) is 0. The van der Waals surface area contributed by atoms with Crippen LogP contribution in [0.5, 0.6) is 0 Å². The Kier molecular flexibility index (Phi) is 7.38. The largest absolute Gasteiger partial charge is 0.310 e. The zero-order valence-corrected chi connectivity index (χ0v) is 35.0. The first kappa shape index (κ1) is 35.3. The Morgan fingerprint density at radius 3 is 1.55 bits per heavy atom. The van der Waals surface area contributed by atoms with Crippen LogP contribution in [-0.4, -0.2) is 0 Å². The molecule has 3 aliphatic rings. The smallest absolute Gasteiger partial charge is 0.0726 e. The van der Waals surface area contributed by atoms with Gasteiger partial charge in [-0.05, 0) is 159 Å². The van der Waals surface area contributed by atoms with E-state index < -0.39 is 5.41 Å². The second-order valence-corrected chi connectivity index (χ2v) is 17.5. The summed E-state index contributed by atoms with van der Waals surface area (Å²) >= 11 is 0. The summed E-state index contributed by atoms with van der Waals surface area (Å²) in [6.07, 6.45) is 0. The molecule has 1 unspecified atom stereocenters. The van der Waals surface area contributed by atoms with Gasteiger partial charge in [-0.1, -0.05) is 188 Å². The van der Waals surface area contributed by atoms with Crippen LogP contribution < -0.4 is 4.90 Å². The van der Waals surface area contributed by atoms with Crippen molar-refractivity contribution >= 4 is 38.6 Å². The lowest BCUT2D eigenvalue weighted by Crippen LogP contribution is -2.26. The van der Waals surface area contributed by atoms with Gasteiger partial charge < -0.3 is 4.90 Å². The molecule has 0 saturated carbocycles. The van der Waals surface area contributed by atoms with Crippen molar-refractivity contribution in [2.24, 2.45) is 0 Å². The summed E-state index contributed by atoms with van der Waals surface area (Å²) in [5.74, 6) is 0. The SMILES string of the molecule is c1ccc(-c2ccc(N(c3ccc(-c4ccc5ccccc5c4)cc3)c3ccc4c(c3)C3(c5ccccc5-4)c4ccccc4-c4c3cc3c5c(cccc45)-c4ccccc4-3)cc2)cc1. The van der Waals surface area contributed by atoms with Crippen molar-refractivity contribution in [2.45, 2.75) is 5.41 Å². The van der Waals surface area contributed by atoms with E-state index in [2.05, 4.69) is 241 Å². The van der Waals surface area contributed by atoms with Gasteiger partial charge in [-0.15, -0.1) is 0 Å². The molecular weight excluding hydrogens is 771 g/mol. The fourth-order valence-corrected chi connectivity index (χ4v) is 11.7. The van der Waals surface area contributed by atoms with Crippen molar-refractivity contribution in [1.29, 1.82) is 0 Å². The third-order valence-corrected chi connectivity index (χ3v) is 14.4. The first-order valence-corrected chi connectivity index (χ1v) is 22.3. The third-order valence-electron chi connectivity index (χ3n) is 14.4. The van der Waals surface area contributed by atoms with Crippen LogP contribution in [0.3, 0.4) is 0 Å². The van der Waals surface area contributed by atoms with Crippen LogP contribution in [0.2, 0.25) is 0 Å². The standard InChI is InChI=1S/C63H39N/c1-2-13-40(14-3-1)42-27-31-46(32-28-42)64(47-33-29-43(30-34-47)45-26-25-41-15-4-5-16-44(41)37-45)48-35-36-52-51-19-8-10-23-57(51)63(59(52)38-48)58-24-11-9-20-54(58)62-55-22-12-21-53-49-17-6-7-18-50(49)56(61(53)55)39-60(62)63/h1-39H. The molecule has 1 atom stereocenters. The molecule has 0 heterocycles. The van der Waals surface area contributed by atoms with Gasteiger partial charge in [-0.25, -0.2) is 0 Å². The number of anilines is 3. The molecule has 1 spiro atoms. The maximum absolute atomic E-state index is 2.57. The first-order chi connectivity index (χ1) is 31.7. The highest BCUT2D eigenvalue weighted by atomic mass is 15.1. The lowest BCUT2D eigenvalue weighted by Gasteiger charge is -2.32. The van der Waals surface area contributed by atoms with Gasteiger partial charge in [-0.3, -0.25) is 0 Å². The Hall–Kier alpha value is -8.26. The van der Waals surface area contributed by atoms with Gasteiger partial charge in [0.1, 0.15) is 0 Å².